The van der Waals surface area contributed by atoms with Crippen molar-refractivity contribution in [2.75, 3.05) is 42.8 Å². The lowest BCUT2D eigenvalue weighted by Gasteiger charge is -2.16. The molecule has 2 heterocycles. The molecule has 0 spiro atoms. The van der Waals surface area contributed by atoms with Crippen LogP contribution in [-0.2, 0) is 14.3 Å². The molecule has 0 saturated heterocycles. The van der Waals surface area contributed by atoms with Gasteiger partial charge < -0.3 is 20.5 Å². The second-order valence-corrected chi connectivity index (χ2v) is 4.79. The van der Waals surface area contributed by atoms with Gasteiger partial charge in [-0.1, -0.05) is 0 Å². The highest BCUT2D eigenvalue weighted by Crippen LogP contribution is 2.25. The highest BCUT2D eigenvalue weighted by Gasteiger charge is 2.24. The zero-order valence-corrected chi connectivity index (χ0v) is 12.2. The number of aromatic nitrogens is 2. The lowest BCUT2D eigenvalue weighted by atomic mass is 10.5. The third kappa shape index (κ3) is 4.31. The summed E-state index contributed by atoms with van der Waals surface area (Å²) in [6, 6.07) is 0. The van der Waals surface area contributed by atoms with Crippen molar-refractivity contribution in [2.24, 2.45) is 0 Å². The Morgan fingerprint density at radius 3 is 3.00 bits per heavy atom. The Hall–Kier alpha value is -1.84. The Kier molecular flexibility index (Phi) is 5.37. The summed E-state index contributed by atoms with van der Waals surface area (Å²) in [5.41, 5.74) is 5.58. The van der Waals surface area contributed by atoms with Crippen LogP contribution in [0.15, 0.2) is 4.79 Å². The van der Waals surface area contributed by atoms with Gasteiger partial charge in [-0.3, -0.25) is 14.6 Å². The van der Waals surface area contributed by atoms with E-state index in [2.05, 4.69) is 15.3 Å². The molecule has 1 aromatic rings. The summed E-state index contributed by atoms with van der Waals surface area (Å²) in [7, 11) is 0. The van der Waals surface area contributed by atoms with Crippen LogP contribution in [-0.4, -0.2) is 42.7 Å². The molecule has 0 radical (unpaired) electrons. The third-order valence-electron chi connectivity index (χ3n) is 2.72. The predicted octanol–water partition coefficient (Wildman–Crippen LogP) is 0.262. The summed E-state index contributed by atoms with van der Waals surface area (Å²) in [5.74, 6) is 0.463. The summed E-state index contributed by atoms with van der Waals surface area (Å²) in [4.78, 5) is 23.6. The second-order valence-electron chi connectivity index (χ2n) is 4.79. The van der Waals surface area contributed by atoms with Gasteiger partial charge in [-0.2, -0.15) is 4.98 Å². The highest BCUT2D eigenvalue weighted by atomic mass is 16.7. The maximum absolute atomic E-state index is 11.6. The molecule has 0 fully saturated rings. The first kappa shape index (κ1) is 15.5. The molecule has 0 bridgehead atoms. The van der Waals surface area contributed by atoms with Crippen LogP contribution in [0.1, 0.15) is 20.3 Å². The van der Waals surface area contributed by atoms with E-state index in [4.69, 9.17) is 20.0 Å². The number of rotatable bonds is 8. The number of anilines is 3. The minimum atomic E-state index is -0.308. The van der Waals surface area contributed by atoms with E-state index in [0.717, 1.165) is 0 Å². The average molecular weight is 299 g/mol. The van der Waals surface area contributed by atoms with Gasteiger partial charge in [-0.05, 0) is 20.3 Å². The molecule has 0 saturated carbocycles. The number of H-pyrrole nitrogens is 1. The zero-order chi connectivity index (χ0) is 15.2. The largest absolute Gasteiger partial charge is 0.369 e. The SMILES string of the molecule is CC(C)OCOCCCON1CNc2c1nc(N)[nH]c2=O. The van der Waals surface area contributed by atoms with Crippen LogP contribution >= 0.6 is 0 Å². The van der Waals surface area contributed by atoms with E-state index >= 15 is 0 Å². The molecule has 1 aromatic heterocycles. The topological polar surface area (TPSA) is 115 Å². The second kappa shape index (κ2) is 7.25. The summed E-state index contributed by atoms with van der Waals surface area (Å²) in [6.45, 7) is 5.50. The first-order chi connectivity index (χ1) is 10.1. The van der Waals surface area contributed by atoms with Gasteiger partial charge >= 0.3 is 0 Å². The van der Waals surface area contributed by atoms with Crippen LogP contribution in [0.25, 0.3) is 0 Å². The number of hydrogen-bond donors (Lipinski definition) is 3. The number of ether oxygens (including phenoxy) is 2. The molecular weight excluding hydrogens is 278 g/mol. The molecule has 21 heavy (non-hydrogen) atoms. The molecule has 0 amide bonds. The molecule has 0 atom stereocenters. The first-order valence-electron chi connectivity index (χ1n) is 6.81. The van der Waals surface area contributed by atoms with Crippen molar-refractivity contribution in [1.29, 1.82) is 0 Å². The quantitative estimate of drug-likeness (QED) is 0.462. The van der Waals surface area contributed by atoms with Gasteiger partial charge in [-0.25, -0.2) is 5.06 Å². The van der Waals surface area contributed by atoms with E-state index < -0.39 is 0 Å². The van der Waals surface area contributed by atoms with E-state index in [0.29, 0.717) is 37.8 Å². The maximum atomic E-state index is 11.6. The number of nitrogens with one attached hydrogen (secondary N) is 2. The van der Waals surface area contributed by atoms with E-state index in [-0.39, 0.29) is 24.4 Å². The summed E-state index contributed by atoms with van der Waals surface area (Å²) >= 11 is 0. The maximum Gasteiger partial charge on any atom is 0.278 e. The van der Waals surface area contributed by atoms with Crippen molar-refractivity contribution in [3.05, 3.63) is 10.4 Å². The molecule has 4 N–H and O–H groups in total. The van der Waals surface area contributed by atoms with Crippen LogP contribution in [0.2, 0.25) is 0 Å². The lowest BCUT2D eigenvalue weighted by Crippen LogP contribution is -2.25. The monoisotopic (exact) mass is 299 g/mol. The van der Waals surface area contributed by atoms with Crippen LogP contribution in [0.5, 0.6) is 0 Å². The van der Waals surface area contributed by atoms with Crippen LogP contribution in [0.3, 0.4) is 0 Å². The van der Waals surface area contributed by atoms with Crippen LogP contribution < -0.4 is 21.7 Å². The van der Waals surface area contributed by atoms with Crippen molar-refractivity contribution < 1.29 is 14.3 Å². The van der Waals surface area contributed by atoms with E-state index in [9.17, 15) is 4.79 Å². The molecule has 118 valence electrons. The van der Waals surface area contributed by atoms with Crippen molar-refractivity contribution in [3.63, 3.8) is 0 Å². The minimum absolute atomic E-state index is 0.0604. The normalized spacial score (nSPS) is 13.6. The van der Waals surface area contributed by atoms with Crippen molar-refractivity contribution >= 4 is 17.5 Å². The van der Waals surface area contributed by atoms with Gasteiger partial charge in [0.2, 0.25) is 5.95 Å². The van der Waals surface area contributed by atoms with Crippen LogP contribution in [0, 0.1) is 0 Å². The molecule has 9 nitrogen and oxygen atoms in total. The first-order valence-corrected chi connectivity index (χ1v) is 6.81. The minimum Gasteiger partial charge on any atom is -0.369 e. The molecule has 1 aliphatic rings. The zero-order valence-electron chi connectivity index (χ0n) is 12.2. The molecule has 2 rings (SSSR count). The highest BCUT2D eigenvalue weighted by molar-refractivity contribution is 5.69. The average Bonchev–Trinajstić information content (AvgIpc) is 2.80. The van der Waals surface area contributed by atoms with E-state index in [1.807, 2.05) is 13.8 Å². The Morgan fingerprint density at radius 1 is 1.43 bits per heavy atom. The van der Waals surface area contributed by atoms with Crippen molar-refractivity contribution in [1.82, 2.24) is 9.97 Å². The van der Waals surface area contributed by atoms with Crippen LogP contribution in [0.4, 0.5) is 17.5 Å². The number of hydrogen-bond acceptors (Lipinski definition) is 8. The summed E-state index contributed by atoms with van der Waals surface area (Å²) in [5, 5.41) is 4.41. The number of fused-ring (bicyclic) bond motifs is 1. The molecule has 0 aromatic carbocycles. The van der Waals surface area contributed by atoms with Gasteiger partial charge in [0.05, 0.1) is 19.3 Å². The van der Waals surface area contributed by atoms with E-state index in [1.54, 1.807) is 0 Å². The molecule has 9 heteroatoms. The Bertz CT molecular complexity index is 519. The van der Waals surface area contributed by atoms with Gasteiger partial charge in [0.1, 0.15) is 19.1 Å². The smallest absolute Gasteiger partial charge is 0.278 e. The molecular formula is C12H21N5O4. The lowest BCUT2D eigenvalue weighted by molar-refractivity contribution is -0.0819. The van der Waals surface area contributed by atoms with E-state index in [1.165, 1.54) is 5.06 Å². The van der Waals surface area contributed by atoms with Crippen molar-refractivity contribution in [2.45, 2.75) is 26.4 Å². The Morgan fingerprint density at radius 2 is 2.24 bits per heavy atom. The molecule has 0 aliphatic carbocycles. The fraction of sp³-hybridized carbons (Fsp3) is 0.667. The Balaban J connectivity index is 1.71. The standard InChI is InChI=1S/C12H21N5O4/c1-8(2)20-7-19-4-3-5-21-17-6-14-9-10(17)15-12(13)16-11(9)18/h8,14H,3-7H2,1-2H3,(H3,13,15,16,18). The fourth-order valence-corrected chi connectivity index (χ4v) is 1.73. The molecule has 0 unspecified atom stereocenters. The van der Waals surface area contributed by atoms with Gasteiger partial charge in [0, 0.05) is 0 Å². The number of nitrogens with two attached hydrogens (primary N) is 1. The predicted molar refractivity (Wildman–Crippen MR) is 77.8 cm³/mol. The number of hydroxylamine groups is 1. The van der Waals surface area contributed by atoms with Gasteiger partial charge in [0.25, 0.3) is 5.56 Å². The number of nitrogen functional groups attached to an aromatic ring is 1. The third-order valence-corrected chi connectivity index (χ3v) is 2.72. The van der Waals surface area contributed by atoms with Crippen molar-refractivity contribution in [3.8, 4) is 0 Å². The Labute approximate surface area is 122 Å². The number of aromatic amines is 1. The molecule has 1 aliphatic heterocycles. The fourth-order valence-electron chi connectivity index (χ4n) is 1.73. The van der Waals surface area contributed by atoms with Gasteiger partial charge in [-0.15, -0.1) is 0 Å². The summed E-state index contributed by atoms with van der Waals surface area (Å²) in [6.07, 6.45) is 0.856. The van der Waals surface area contributed by atoms with Gasteiger partial charge in [0.15, 0.2) is 5.82 Å². The number of nitrogens with zero attached hydrogens (tertiary/aromatic N) is 2. The summed E-state index contributed by atoms with van der Waals surface area (Å²) < 4.78 is 10.5.